The smallest absolute Gasteiger partial charge is 0.249 e. The van der Waals surface area contributed by atoms with Crippen LogP contribution < -0.4 is 15.5 Å². The topological polar surface area (TPSA) is 56.7 Å². The van der Waals surface area contributed by atoms with Gasteiger partial charge in [0.05, 0.1) is 17.1 Å². The van der Waals surface area contributed by atoms with Crippen LogP contribution in [0, 0.1) is 0 Å². The second-order valence-electron chi connectivity index (χ2n) is 8.31. The molecular formula is C27H30Cl2N4O. The van der Waals surface area contributed by atoms with Crippen molar-refractivity contribution in [3.05, 3.63) is 95.6 Å². The zero-order valence-corrected chi connectivity index (χ0v) is 20.6. The number of anilines is 2. The fourth-order valence-electron chi connectivity index (χ4n) is 4.50. The number of halogens is 2. The third-order valence-corrected chi connectivity index (χ3v) is 6.19. The molecule has 0 radical (unpaired) electrons. The van der Waals surface area contributed by atoms with Crippen LogP contribution in [0.15, 0.2) is 83.9 Å². The zero-order chi connectivity index (χ0) is 21.8. The number of hydrogen-bond donors (Lipinski definition) is 2. The number of rotatable bonds is 5. The fourth-order valence-corrected chi connectivity index (χ4v) is 4.50. The van der Waals surface area contributed by atoms with Gasteiger partial charge in [-0.05, 0) is 24.5 Å². The van der Waals surface area contributed by atoms with E-state index in [0.717, 1.165) is 60.8 Å². The molecule has 2 aliphatic rings. The number of fused-ring (bicyclic) bond motifs is 1. The summed E-state index contributed by atoms with van der Waals surface area (Å²) >= 11 is 0. The molecule has 1 saturated heterocycles. The van der Waals surface area contributed by atoms with Crippen LogP contribution in [0.1, 0.15) is 23.1 Å². The van der Waals surface area contributed by atoms with E-state index < -0.39 is 6.04 Å². The highest BCUT2D eigenvalue weighted by atomic mass is 35.5. The van der Waals surface area contributed by atoms with Crippen LogP contribution in [0.5, 0.6) is 0 Å². The summed E-state index contributed by atoms with van der Waals surface area (Å²) in [4.78, 5) is 20.8. The van der Waals surface area contributed by atoms with Crippen molar-refractivity contribution in [1.82, 2.24) is 5.32 Å². The molecule has 1 amide bonds. The number of piperazine rings is 1. The van der Waals surface area contributed by atoms with Gasteiger partial charge < -0.3 is 15.5 Å². The number of carbonyl (C=O) groups is 1. The Morgan fingerprint density at radius 3 is 2.24 bits per heavy atom. The molecule has 2 aliphatic heterocycles. The molecule has 2 heterocycles. The summed E-state index contributed by atoms with van der Waals surface area (Å²) in [6.07, 6.45) is 1.48. The lowest BCUT2D eigenvalue weighted by atomic mass is 9.99. The minimum Gasteiger partial charge on any atom is -0.367 e. The normalized spacial score (nSPS) is 17.3. The second kappa shape index (κ2) is 12.0. The van der Waals surface area contributed by atoms with Crippen molar-refractivity contribution in [3.63, 3.8) is 0 Å². The zero-order valence-electron chi connectivity index (χ0n) is 18.9. The van der Waals surface area contributed by atoms with E-state index in [-0.39, 0.29) is 30.7 Å². The lowest BCUT2D eigenvalue weighted by Crippen LogP contribution is -2.44. The molecule has 178 valence electrons. The Kier molecular flexibility index (Phi) is 9.11. The Bertz CT molecular complexity index is 1120. The van der Waals surface area contributed by atoms with Crippen molar-refractivity contribution >= 4 is 47.8 Å². The van der Waals surface area contributed by atoms with Crippen molar-refractivity contribution < 1.29 is 4.79 Å². The SMILES string of the molecule is Cl.Cl.O=C1Nc2c(cccc2N2CCNCC2)C(c2ccccc2)=N[C@H]1CCc1ccccc1. The molecule has 3 aromatic rings. The molecule has 0 aromatic heterocycles. The molecule has 0 unspecified atom stereocenters. The number of aliphatic imine (C=N–C) groups is 1. The monoisotopic (exact) mass is 496 g/mol. The summed E-state index contributed by atoms with van der Waals surface area (Å²) in [6.45, 7) is 3.72. The molecule has 0 bridgehead atoms. The third-order valence-electron chi connectivity index (χ3n) is 6.19. The van der Waals surface area contributed by atoms with Gasteiger partial charge >= 0.3 is 0 Å². The van der Waals surface area contributed by atoms with E-state index in [9.17, 15) is 4.79 Å². The molecule has 0 saturated carbocycles. The number of para-hydroxylation sites is 1. The molecule has 3 aromatic carbocycles. The molecule has 34 heavy (non-hydrogen) atoms. The number of nitrogens with one attached hydrogen (secondary N) is 2. The van der Waals surface area contributed by atoms with E-state index in [4.69, 9.17) is 4.99 Å². The maximum Gasteiger partial charge on any atom is 0.249 e. The first-order valence-electron chi connectivity index (χ1n) is 11.4. The van der Waals surface area contributed by atoms with Crippen LogP contribution in [0.2, 0.25) is 0 Å². The lowest BCUT2D eigenvalue weighted by Gasteiger charge is -2.31. The number of hydrogen-bond acceptors (Lipinski definition) is 4. The maximum atomic E-state index is 13.4. The Labute approximate surface area is 213 Å². The Balaban J connectivity index is 0.00000162. The summed E-state index contributed by atoms with van der Waals surface area (Å²) in [6, 6.07) is 26.3. The van der Waals surface area contributed by atoms with Gasteiger partial charge in [0, 0.05) is 37.3 Å². The van der Waals surface area contributed by atoms with Gasteiger partial charge in [0.15, 0.2) is 0 Å². The first-order chi connectivity index (χ1) is 15.8. The molecule has 0 aliphatic carbocycles. The standard InChI is InChI=1S/C27H28N4O.2ClH/c32-27-23(15-14-20-8-3-1-4-9-20)29-25(21-10-5-2-6-11-21)22-12-7-13-24(26(22)30-27)31-18-16-28-17-19-31;;/h1-13,23,28H,14-19H2,(H,30,32);2*1H/t23-;;/m0../s1. The van der Waals surface area contributed by atoms with E-state index in [1.165, 1.54) is 5.56 Å². The average Bonchev–Trinajstić information content (AvgIpc) is 3.00. The molecule has 5 nitrogen and oxygen atoms in total. The van der Waals surface area contributed by atoms with Crippen LogP contribution in [0.3, 0.4) is 0 Å². The van der Waals surface area contributed by atoms with Gasteiger partial charge in [-0.25, -0.2) is 0 Å². The first-order valence-corrected chi connectivity index (χ1v) is 11.4. The number of nitrogens with zero attached hydrogens (tertiary/aromatic N) is 2. The highest BCUT2D eigenvalue weighted by Crippen LogP contribution is 2.34. The summed E-state index contributed by atoms with van der Waals surface area (Å²) in [7, 11) is 0. The van der Waals surface area contributed by atoms with Gasteiger partial charge in [0.1, 0.15) is 6.04 Å². The summed E-state index contributed by atoms with van der Waals surface area (Å²) in [5.41, 5.74) is 6.08. The van der Waals surface area contributed by atoms with Crippen molar-refractivity contribution in [2.24, 2.45) is 4.99 Å². The summed E-state index contributed by atoms with van der Waals surface area (Å²) in [5.74, 6) is -0.0318. The van der Waals surface area contributed by atoms with Gasteiger partial charge in [-0.3, -0.25) is 9.79 Å². The molecular weight excluding hydrogens is 467 g/mol. The Morgan fingerprint density at radius 2 is 1.53 bits per heavy atom. The highest BCUT2D eigenvalue weighted by molar-refractivity contribution is 6.21. The molecule has 2 N–H and O–H groups in total. The van der Waals surface area contributed by atoms with Crippen LogP contribution >= 0.6 is 24.8 Å². The summed E-state index contributed by atoms with van der Waals surface area (Å²) < 4.78 is 0. The maximum absolute atomic E-state index is 13.4. The van der Waals surface area contributed by atoms with E-state index in [0.29, 0.717) is 6.42 Å². The van der Waals surface area contributed by atoms with Crippen LogP contribution in [0.4, 0.5) is 11.4 Å². The molecule has 1 atom stereocenters. The van der Waals surface area contributed by atoms with Crippen LogP contribution in [-0.4, -0.2) is 43.8 Å². The first kappa shape index (κ1) is 25.8. The van der Waals surface area contributed by atoms with Gasteiger partial charge in [-0.15, -0.1) is 24.8 Å². The summed E-state index contributed by atoms with van der Waals surface area (Å²) in [5, 5.41) is 6.67. The Morgan fingerprint density at radius 1 is 0.853 bits per heavy atom. The number of carbonyl (C=O) groups excluding carboxylic acids is 1. The van der Waals surface area contributed by atoms with Crippen molar-refractivity contribution in [2.75, 3.05) is 36.4 Å². The van der Waals surface area contributed by atoms with Gasteiger partial charge in [0.2, 0.25) is 5.91 Å². The lowest BCUT2D eigenvalue weighted by molar-refractivity contribution is -0.117. The minimum atomic E-state index is -0.436. The molecule has 1 fully saturated rings. The van der Waals surface area contributed by atoms with Crippen molar-refractivity contribution in [1.29, 1.82) is 0 Å². The van der Waals surface area contributed by atoms with Gasteiger partial charge in [-0.1, -0.05) is 72.8 Å². The average molecular weight is 497 g/mol. The second-order valence-corrected chi connectivity index (χ2v) is 8.31. The number of aryl methyl sites for hydroxylation is 1. The van der Waals surface area contributed by atoms with E-state index in [1.54, 1.807) is 0 Å². The number of amides is 1. The largest absolute Gasteiger partial charge is 0.367 e. The predicted molar refractivity (Wildman–Crippen MR) is 145 cm³/mol. The van der Waals surface area contributed by atoms with Gasteiger partial charge in [-0.2, -0.15) is 0 Å². The predicted octanol–water partition coefficient (Wildman–Crippen LogP) is 4.73. The number of benzodiazepines with no additional fused rings is 1. The van der Waals surface area contributed by atoms with E-state index in [2.05, 4.69) is 58.0 Å². The van der Waals surface area contributed by atoms with Crippen molar-refractivity contribution in [3.8, 4) is 0 Å². The Hall–Kier alpha value is -2.86. The van der Waals surface area contributed by atoms with Crippen molar-refractivity contribution in [2.45, 2.75) is 18.9 Å². The van der Waals surface area contributed by atoms with E-state index >= 15 is 0 Å². The quantitative estimate of drug-likeness (QED) is 0.536. The highest BCUT2D eigenvalue weighted by Gasteiger charge is 2.28. The molecule has 7 heteroatoms. The molecule has 5 rings (SSSR count). The van der Waals surface area contributed by atoms with E-state index in [1.807, 2.05) is 36.4 Å². The minimum absolute atomic E-state index is 0. The fraction of sp³-hybridized carbons (Fsp3) is 0.259. The molecule has 0 spiro atoms. The third kappa shape index (κ3) is 5.61. The number of benzene rings is 3. The van der Waals surface area contributed by atoms with Crippen LogP contribution in [0.25, 0.3) is 0 Å². The van der Waals surface area contributed by atoms with Crippen LogP contribution in [-0.2, 0) is 11.2 Å². The van der Waals surface area contributed by atoms with Gasteiger partial charge in [0.25, 0.3) is 0 Å².